The molecule has 17 heavy (non-hydrogen) atoms. The minimum atomic E-state index is 0.642. The Labute approximate surface area is 98.4 Å². The van der Waals surface area contributed by atoms with Crippen LogP contribution in [0.3, 0.4) is 0 Å². The van der Waals surface area contributed by atoms with Gasteiger partial charge in [0.2, 0.25) is 0 Å². The molecule has 1 heterocycles. The molecule has 80 valence electrons. The van der Waals surface area contributed by atoms with Gasteiger partial charge in [-0.05, 0) is 24.3 Å². The van der Waals surface area contributed by atoms with Gasteiger partial charge in [0.05, 0.1) is 22.7 Å². The van der Waals surface area contributed by atoms with Gasteiger partial charge in [-0.25, -0.2) is 4.98 Å². The van der Waals surface area contributed by atoms with E-state index in [1.807, 2.05) is 42.5 Å². The predicted octanol–water partition coefficient (Wildman–Crippen LogP) is 3.10. The number of fused-ring (bicyclic) bond motifs is 1. The summed E-state index contributed by atoms with van der Waals surface area (Å²) in [6.07, 6.45) is 0. The zero-order valence-electron chi connectivity index (χ0n) is 9.01. The monoisotopic (exact) mass is 219 g/mol. The number of benzene rings is 2. The Balaban J connectivity index is 2.17. The van der Waals surface area contributed by atoms with Gasteiger partial charge in [0.15, 0.2) is 0 Å². The van der Waals surface area contributed by atoms with Gasteiger partial charge >= 0.3 is 0 Å². The molecule has 0 saturated carbocycles. The molecule has 0 unspecified atom stereocenters. The van der Waals surface area contributed by atoms with E-state index >= 15 is 0 Å². The quantitative estimate of drug-likeness (QED) is 0.683. The molecule has 0 bridgehead atoms. The van der Waals surface area contributed by atoms with Crippen LogP contribution < -0.4 is 0 Å². The van der Waals surface area contributed by atoms with E-state index < -0.39 is 0 Å². The summed E-state index contributed by atoms with van der Waals surface area (Å²) in [4.78, 5) is 7.74. The molecule has 1 aromatic heterocycles. The highest BCUT2D eigenvalue weighted by Crippen LogP contribution is 2.20. The maximum atomic E-state index is 8.87. The van der Waals surface area contributed by atoms with Crippen LogP contribution in [0.15, 0.2) is 48.5 Å². The average molecular weight is 219 g/mol. The summed E-state index contributed by atoms with van der Waals surface area (Å²) >= 11 is 0. The van der Waals surface area contributed by atoms with Gasteiger partial charge in [-0.15, -0.1) is 0 Å². The number of imidazole rings is 1. The van der Waals surface area contributed by atoms with Crippen molar-refractivity contribution in [2.75, 3.05) is 0 Å². The molecule has 3 heteroatoms. The van der Waals surface area contributed by atoms with Gasteiger partial charge in [-0.3, -0.25) is 0 Å². The number of para-hydroxylation sites is 2. The lowest BCUT2D eigenvalue weighted by atomic mass is 10.1. The third-order valence-electron chi connectivity index (χ3n) is 2.65. The van der Waals surface area contributed by atoms with E-state index in [4.69, 9.17) is 5.26 Å². The lowest BCUT2D eigenvalue weighted by molar-refractivity contribution is 1.33. The predicted molar refractivity (Wildman–Crippen MR) is 66.2 cm³/mol. The minimum absolute atomic E-state index is 0.642. The van der Waals surface area contributed by atoms with Crippen LogP contribution in [0.25, 0.3) is 22.4 Å². The number of hydrogen-bond donors (Lipinski definition) is 1. The number of nitriles is 1. The topological polar surface area (TPSA) is 52.5 Å². The molecule has 0 amide bonds. The number of aromatic amines is 1. The van der Waals surface area contributed by atoms with E-state index in [2.05, 4.69) is 16.0 Å². The van der Waals surface area contributed by atoms with E-state index in [1.54, 1.807) is 6.07 Å². The average Bonchev–Trinajstić information content (AvgIpc) is 2.82. The van der Waals surface area contributed by atoms with Crippen molar-refractivity contribution in [3.05, 3.63) is 54.1 Å². The lowest BCUT2D eigenvalue weighted by Gasteiger charge is -1.95. The first-order valence-electron chi connectivity index (χ1n) is 5.32. The van der Waals surface area contributed by atoms with Gasteiger partial charge in [-0.1, -0.05) is 24.3 Å². The summed E-state index contributed by atoms with van der Waals surface area (Å²) in [5, 5.41) is 8.87. The Hall–Kier alpha value is -2.60. The second kappa shape index (κ2) is 3.76. The zero-order valence-corrected chi connectivity index (χ0v) is 9.01. The van der Waals surface area contributed by atoms with Crippen LogP contribution in [-0.4, -0.2) is 9.97 Å². The third kappa shape index (κ3) is 1.66. The van der Waals surface area contributed by atoms with Gasteiger partial charge in [0, 0.05) is 5.56 Å². The Morgan fingerprint density at radius 2 is 1.94 bits per heavy atom. The Kier molecular flexibility index (Phi) is 2.13. The molecule has 0 aliphatic rings. The highest BCUT2D eigenvalue weighted by atomic mass is 14.9. The van der Waals surface area contributed by atoms with Crippen molar-refractivity contribution in [2.24, 2.45) is 0 Å². The fourth-order valence-corrected chi connectivity index (χ4v) is 1.83. The van der Waals surface area contributed by atoms with E-state index in [-0.39, 0.29) is 0 Å². The van der Waals surface area contributed by atoms with Crippen LogP contribution in [0.1, 0.15) is 5.56 Å². The largest absolute Gasteiger partial charge is 0.338 e. The molecule has 3 nitrogen and oxygen atoms in total. The van der Waals surface area contributed by atoms with Crippen molar-refractivity contribution >= 4 is 11.0 Å². The van der Waals surface area contributed by atoms with Crippen molar-refractivity contribution in [1.29, 1.82) is 5.26 Å². The summed E-state index contributed by atoms with van der Waals surface area (Å²) in [6, 6.07) is 17.4. The molecule has 0 spiro atoms. The van der Waals surface area contributed by atoms with Crippen LogP contribution in [0, 0.1) is 11.3 Å². The summed E-state index contributed by atoms with van der Waals surface area (Å²) in [6.45, 7) is 0. The number of nitrogens with one attached hydrogen (secondary N) is 1. The highest BCUT2D eigenvalue weighted by molar-refractivity contribution is 5.79. The van der Waals surface area contributed by atoms with Crippen LogP contribution in [-0.2, 0) is 0 Å². The van der Waals surface area contributed by atoms with Gasteiger partial charge in [0.1, 0.15) is 5.82 Å². The maximum Gasteiger partial charge on any atom is 0.138 e. The summed E-state index contributed by atoms with van der Waals surface area (Å²) in [7, 11) is 0. The molecular formula is C14H9N3. The number of H-pyrrole nitrogens is 1. The van der Waals surface area contributed by atoms with Crippen LogP contribution in [0.2, 0.25) is 0 Å². The SMILES string of the molecule is N#Cc1cccc(-c2nc3ccccc3[nH]2)c1. The van der Waals surface area contributed by atoms with E-state index in [1.165, 1.54) is 0 Å². The van der Waals surface area contributed by atoms with Crippen LogP contribution in [0.4, 0.5) is 0 Å². The van der Waals surface area contributed by atoms with Crippen molar-refractivity contribution in [1.82, 2.24) is 9.97 Å². The molecular weight excluding hydrogens is 210 g/mol. The molecule has 0 radical (unpaired) electrons. The Bertz CT molecular complexity index is 686. The number of aromatic nitrogens is 2. The zero-order chi connectivity index (χ0) is 11.7. The lowest BCUT2D eigenvalue weighted by Crippen LogP contribution is -1.81. The first kappa shape index (κ1) is 9.61. The third-order valence-corrected chi connectivity index (χ3v) is 2.65. The second-order valence-electron chi connectivity index (χ2n) is 3.80. The van der Waals surface area contributed by atoms with Gasteiger partial charge in [-0.2, -0.15) is 5.26 Å². The first-order chi connectivity index (χ1) is 8.36. The van der Waals surface area contributed by atoms with Crippen molar-refractivity contribution in [2.45, 2.75) is 0 Å². The fourth-order valence-electron chi connectivity index (χ4n) is 1.83. The van der Waals surface area contributed by atoms with Crippen LogP contribution in [0.5, 0.6) is 0 Å². The maximum absolute atomic E-state index is 8.87. The molecule has 0 aliphatic carbocycles. The van der Waals surface area contributed by atoms with Crippen molar-refractivity contribution in [3.63, 3.8) is 0 Å². The summed E-state index contributed by atoms with van der Waals surface area (Å²) in [5.41, 5.74) is 3.51. The number of rotatable bonds is 1. The molecule has 2 aromatic carbocycles. The smallest absolute Gasteiger partial charge is 0.138 e. The summed E-state index contributed by atoms with van der Waals surface area (Å²) in [5.74, 6) is 0.795. The molecule has 0 fully saturated rings. The molecule has 0 atom stereocenters. The van der Waals surface area contributed by atoms with Crippen molar-refractivity contribution in [3.8, 4) is 17.5 Å². The van der Waals surface area contributed by atoms with Crippen molar-refractivity contribution < 1.29 is 0 Å². The van der Waals surface area contributed by atoms with Gasteiger partial charge in [0.25, 0.3) is 0 Å². The normalized spacial score (nSPS) is 10.3. The van der Waals surface area contributed by atoms with E-state index in [0.717, 1.165) is 22.4 Å². The Morgan fingerprint density at radius 3 is 2.76 bits per heavy atom. The number of nitrogens with zero attached hydrogens (tertiary/aromatic N) is 2. The second-order valence-corrected chi connectivity index (χ2v) is 3.80. The fraction of sp³-hybridized carbons (Fsp3) is 0. The molecule has 1 N–H and O–H groups in total. The van der Waals surface area contributed by atoms with Crippen LogP contribution >= 0.6 is 0 Å². The molecule has 0 saturated heterocycles. The number of hydrogen-bond acceptors (Lipinski definition) is 2. The molecule has 3 aromatic rings. The first-order valence-corrected chi connectivity index (χ1v) is 5.32. The highest BCUT2D eigenvalue weighted by Gasteiger charge is 2.04. The minimum Gasteiger partial charge on any atom is -0.338 e. The molecule has 3 rings (SSSR count). The molecule has 0 aliphatic heterocycles. The summed E-state index contributed by atoms with van der Waals surface area (Å²) < 4.78 is 0. The Morgan fingerprint density at radius 1 is 1.06 bits per heavy atom. The van der Waals surface area contributed by atoms with E-state index in [0.29, 0.717) is 5.56 Å². The van der Waals surface area contributed by atoms with Gasteiger partial charge < -0.3 is 4.98 Å². The van der Waals surface area contributed by atoms with E-state index in [9.17, 15) is 0 Å². The standard InChI is InChI=1S/C14H9N3/c15-9-10-4-3-5-11(8-10)14-16-12-6-1-2-7-13(12)17-14/h1-8H,(H,16,17).